The SMILES string of the molecule is C=C/C(=C(\C1=NN(CC(CCC)CCC)C(=C)N1C)c1ccc(Cl)cc1)c1ccc(Cl)cc1. The van der Waals surface area contributed by atoms with Crippen LogP contribution in [0.15, 0.2) is 78.7 Å². The summed E-state index contributed by atoms with van der Waals surface area (Å²) in [6.07, 6.45) is 6.60. The second-order valence-corrected chi connectivity index (χ2v) is 9.30. The fourth-order valence-corrected chi connectivity index (χ4v) is 4.55. The third kappa shape index (κ3) is 5.90. The smallest absolute Gasteiger partial charge is 0.162 e. The zero-order chi connectivity index (χ0) is 24.0. The van der Waals surface area contributed by atoms with Crippen LogP contribution in [0.5, 0.6) is 0 Å². The first-order valence-electron chi connectivity index (χ1n) is 11.6. The Kier molecular flexibility index (Phi) is 8.82. The van der Waals surface area contributed by atoms with Gasteiger partial charge in [-0.1, -0.05) is 93.4 Å². The number of rotatable bonds is 10. The first-order valence-corrected chi connectivity index (χ1v) is 12.3. The van der Waals surface area contributed by atoms with Crippen LogP contribution >= 0.6 is 23.2 Å². The molecule has 0 saturated carbocycles. The van der Waals surface area contributed by atoms with Gasteiger partial charge in [-0.15, -0.1) is 0 Å². The summed E-state index contributed by atoms with van der Waals surface area (Å²) in [5.41, 5.74) is 4.00. The number of likely N-dealkylation sites (N-methyl/N-ethyl adjacent to an activating group) is 1. The number of benzene rings is 2. The predicted octanol–water partition coefficient (Wildman–Crippen LogP) is 8.34. The molecule has 1 aliphatic heterocycles. The summed E-state index contributed by atoms with van der Waals surface area (Å²) in [6.45, 7) is 13.8. The van der Waals surface area contributed by atoms with Crippen LogP contribution in [0.1, 0.15) is 50.7 Å². The summed E-state index contributed by atoms with van der Waals surface area (Å²) >= 11 is 12.4. The van der Waals surface area contributed by atoms with Gasteiger partial charge in [0.05, 0.1) is 0 Å². The molecule has 0 unspecified atom stereocenters. The molecule has 0 bridgehead atoms. The van der Waals surface area contributed by atoms with Crippen molar-refractivity contribution >= 4 is 40.2 Å². The highest BCUT2D eigenvalue weighted by Gasteiger charge is 2.30. The third-order valence-electron chi connectivity index (χ3n) is 6.03. The van der Waals surface area contributed by atoms with E-state index >= 15 is 0 Å². The lowest BCUT2D eigenvalue weighted by atomic mass is 9.93. The highest BCUT2D eigenvalue weighted by molar-refractivity contribution is 6.33. The highest BCUT2D eigenvalue weighted by atomic mass is 35.5. The lowest BCUT2D eigenvalue weighted by Crippen LogP contribution is -2.27. The van der Waals surface area contributed by atoms with Crippen molar-refractivity contribution in [2.75, 3.05) is 13.6 Å². The molecule has 33 heavy (non-hydrogen) atoms. The van der Waals surface area contributed by atoms with Gasteiger partial charge in [0.25, 0.3) is 0 Å². The minimum atomic E-state index is 0.589. The molecule has 0 radical (unpaired) electrons. The maximum absolute atomic E-state index is 6.20. The maximum atomic E-state index is 6.20. The van der Waals surface area contributed by atoms with Crippen molar-refractivity contribution in [3.63, 3.8) is 0 Å². The van der Waals surface area contributed by atoms with Gasteiger partial charge in [-0.25, -0.2) is 5.01 Å². The Bertz CT molecular complexity index is 1030. The molecule has 2 aromatic carbocycles. The van der Waals surface area contributed by atoms with Crippen molar-refractivity contribution in [3.8, 4) is 0 Å². The molecule has 1 heterocycles. The number of amidine groups is 1. The minimum absolute atomic E-state index is 0.589. The van der Waals surface area contributed by atoms with Gasteiger partial charge in [-0.3, -0.25) is 0 Å². The number of allylic oxidation sites excluding steroid dienone is 2. The number of hydrogen-bond donors (Lipinski definition) is 0. The van der Waals surface area contributed by atoms with Crippen molar-refractivity contribution in [2.45, 2.75) is 39.5 Å². The number of halogens is 2. The number of hydrazone groups is 1. The van der Waals surface area contributed by atoms with Crippen molar-refractivity contribution in [3.05, 3.63) is 94.8 Å². The van der Waals surface area contributed by atoms with E-state index in [2.05, 4.69) is 36.9 Å². The molecule has 2 aromatic rings. The molecule has 1 aliphatic rings. The number of hydrogen-bond acceptors (Lipinski definition) is 3. The molecular weight excluding hydrogens is 449 g/mol. The molecule has 0 saturated heterocycles. The lowest BCUT2D eigenvalue weighted by Gasteiger charge is -2.24. The molecule has 0 fully saturated rings. The summed E-state index contributed by atoms with van der Waals surface area (Å²) in [5, 5.41) is 8.53. The molecular formula is C28H33Cl2N3. The zero-order valence-electron chi connectivity index (χ0n) is 19.8. The molecule has 3 rings (SSSR count). The van der Waals surface area contributed by atoms with E-state index in [1.54, 1.807) is 0 Å². The Morgan fingerprint density at radius 2 is 1.45 bits per heavy atom. The van der Waals surface area contributed by atoms with E-state index < -0.39 is 0 Å². The van der Waals surface area contributed by atoms with E-state index in [1.165, 1.54) is 25.7 Å². The van der Waals surface area contributed by atoms with Gasteiger partial charge in [-0.2, -0.15) is 5.10 Å². The second kappa shape index (κ2) is 11.6. The fourth-order valence-electron chi connectivity index (χ4n) is 4.30. The first-order chi connectivity index (χ1) is 15.9. The lowest BCUT2D eigenvalue weighted by molar-refractivity contribution is 0.260. The molecule has 0 aromatic heterocycles. The third-order valence-corrected chi connectivity index (χ3v) is 6.53. The van der Waals surface area contributed by atoms with E-state index in [0.717, 1.165) is 40.5 Å². The Morgan fingerprint density at radius 3 is 1.94 bits per heavy atom. The molecule has 3 nitrogen and oxygen atoms in total. The monoisotopic (exact) mass is 481 g/mol. The molecule has 5 heteroatoms. The van der Waals surface area contributed by atoms with Gasteiger partial charge in [0.1, 0.15) is 5.82 Å². The van der Waals surface area contributed by atoms with Crippen LogP contribution < -0.4 is 0 Å². The first kappa shape index (κ1) is 25.1. The maximum Gasteiger partial charge on any atom is 0.162 e. The van der Waals surface area contributed by atoms with Crippen LogP contribution in [0.3, 0.4) is 0 Å². The molecule has 0 aliphatic carbocycles. The Hall–Kier alpha value is -2.49. The van der Waals surface area contributed by atoms with E-state index in [-0.39, 0.29) is 0 Å². The van der Waals surface area contributed by atoms with Gasteiger partial charge in [0.2, 0.25) is 0 Å². The average molecular weight is 482 g/mol. The van der Waals surface area contributed by atoms with Crippen molar-refractivity contribution in [1.29, 1.82) is 0 Å². The quantitative estimate of drug-likeness (QED) is 0.250. The minimum Gasteiger partial charge on any atom is -0.313 e. The van der Waals surface area contributed by atoms with Crippen LogP contribution in [0.4, 0.5) is 0 Å². The van der Waals surface area contributed by atoms with Gasteiger partial charge >= 0.3 is 0 Å². The van der Waals surface area contributed by atoms with Crippen molar-refractivity contribution in [1.82, 2.24) is 9.91 Å². The van der Waals surface area contributed by atoms with E-state index in [1.807, 2.05) is 61.7 Å². The molecule has 0 atom stereocenters. The average Bonchev–Trinajstić information content (AvgIpc) is 3.07. The number of nitrogens with zero attached hydrogens (tertiary/aromatic N) is 3. The van der Waals surface area contributed by atoms with E-state index in [9.17, 15) is 0 Å². The van der Waals surface area contributed by atoms with Crippen molar-refractivity contribution in [2.24, 2.45) is 11.0 Å². The van der Waals surface area contributed by atoms with Crippen molar-refractivity contribution < 1.29 is 0 Å². The standard InChI is InChI=1S/C28H33Cl2N3/c1-6-9-21(10-7-2)19-33-20(4)32(5)28(31-33)27(23-13-17-25(30)18-14-23)26(8-3)22-11-15-24(29)16-12-22/h8,11-18,21H,3-4,6-7,9-10,19H2,1-2,5H3/b27-26+. The van der Waals surface area contributed by atoms with Gasteiger partial charge < -0.3 is 4.90 Å². The summed E-state index contributed by atoms with van der Waals surface area (Å²) < 4.78 is 0. The van der Waals surface area contributed by atoms with Gasteiger partial charge in [-0.05, 0) is 59.7 Å². The van der Waals surface area contributed by atoms with Gasteiger partial charge in [0, 0.05) is 29.2 Å². The van der Waals surface area contributed by atoms with E-state index in [4.69, 9.17) is 28.3 Å². The highest BCUT2D eigenvalue weighted by Crippen LogP contribution is 2.35. The summed E-state index contributed by atoms with van der Waals surface area (Å²) in [6, 6.07) is 15.7. The predicted molar refractivity (Wildman–Crippen MR) is 144 cm³/mol. The molecule has 0 spiro atoms. The largest absolute Gasteiger partial charge is 0.313 e. The summed E-state index contributed by atoms with van der Waals surface area (Å²) in [5.74, 6) is 2.32. The Morgan fingerprint density at radius 1 is 0.939 bits per heavy atom. The fraction of sp³-hybridized carbons (Fsp3) is 0.321. The zero-order valence-corrected chi connectivity index (χ0v) is 21.3. The molecule has 174 valence electrons. The Labute approximate surface area is 208 Å². The van der Waals surface area contributed by atoms with Crippen LogP contribution in [-0.2, 0) is 0 Å². The summed E-state index contributed by atoms with van der Waals surface area (Å²) in [7, 11) is 2.02. The molecule has 0 N–H and O–H groups in total. The van der Waals surface area contributed by atoms with Crippen LogP contribution in [0.25, 0.3) is 11.1 Å². The summed E-state index contributed by atoms with van der Waals surface area (Å²) in [4.78, 5) is 2.07. The Balaban J connectivity index is 2.13. The van der Waals surface area contributed by atoms with E-state index in [0.29, 0.717) is 16.0 Å². The topological polar surface area (TPSA) is 18.8 Å². The van der Waals surface area contributed by atoms with Crippen LogP contribution in [0, 0.1) is 5.92 Å². The second-order valence-electron chi connectivity index (χ2n) is 8.43. The normalized spacial score (nSPS) is 14.6. The van der Waals surface area contributed by atoms with Crippen LogP contribution in [0.2, 0.25) is 10.0 Å². The molecule has 0 amide bonds. The van der Waals surface area contributed by atoms with Gasteiger partial charge in [0.15, 0.2) is 5.84 Å². The van der Waals surface area contributed by atoms with Crippen LogP contribution in [-0.4, -0.2) is 29.3 Å².